The van der Waals surface area contributed by atoms with Crippen LogP contribution in [-0.4, -0.2) is 68.5 Å². The van der Waals surface area contributed by atoms with E-state index in [2.05, 4.69) is 9.92 Å². The predicted octanol–water partition coefficient (Wildman–Crippen LogP) is 1.37. The molecule has 0 unspecified atom stereocenters. The zero-order valence-corrected chi connectivity index (χ0v) is 17.9. The molecule has 0 saturated carbocycles. The molecule has 0 aliphatic heterocycles. The van der Waals surface area contributed by atoms with E-state index in [1.54, 1.807) is 0 Å². The third kappa shape index (κ3) is 4.75. The van der Waals surface area contributed by atoms with Crippen LogP contribution in [0.4, 0.5) is 74.6 Å². The fraction of sp³-hybridized carbons (Fsp3) is 1.00. The number of nitrogens with two attached hydrogens (primary N) is 1. The number of halogens is 17. The third-order valence-corrected chi connectivity index (χ3v) is 4.72. The number of hydrogen-bond donors (Lipinski definition) is 1. The molecule has 0 atom stereocenters. The van der Waals surface area contributed by atoms with E-state index in [-0.39, 0.29) is 31.0 Å². The van der Waals surface area contributed by atoms with Gasteiger partial charge in [0.1, 0.15) is 0 Å². The molecule has 0 amide bonds. The van der Waals surface area contributed by atoms with E-state index in [4.69, 9.17) is 0 Å². The maximum atomic E-state index is 13.4. The van der Waals surface area contributed by atoms with E-state index >= 15 is 0 Å². The Morgan fingerprint density at radius 3 is 1.12 bits per heavy atom. The zero-order valence-electron chi connectivity index (χ0n) is 16.0. The first-order valence-corrected chi connectivity index (χ1v) is 8.27. The summed E-state index contributed by atoms with van der Waals surface area (Å²) < 4.78 is 245. The van der Waals surface area contributed by atoms with E-state index in [0.717, 1.165) is 0 Å². The third-order valence-electron chi connectivity index (χ3n) is 3.36. The molecular formula is C10H7F17NNaO3S. The maximum absolute atomic E-state index is 13.4. The van der Waals surface area contributed by atoms with Crippen molar-refractivity contribution in [2.75, 3.05) is 13.2 Å². The summed E-state index contributed by atoms with van der Waals surface area (Å²) in [5.74, 6) is -51.8. The second-order valence-corrected chi connectivity index (χ2v) is 7.18. The smallest absolute Gasteiger partial charge is 1.00 e. The van der Waals surface area contributed by atoms with Gasteiger partial charge in [-0.3, -0.25) is 4.18 Å². The van der Waals surface area contributed by atoms with Crippen molar-refractivity contribution in [3.8, 4) is 0 Å². The minimum absolute atomic E-state index is 0. The second kappa shape index (κ2) is 9.28. The minimum Gasteiger partial charge on any atom is -1.00 e. The molecule has 33 heavy (non-hydrogen) atoms. The molecule has 0 spiro atoms. The quantitative estimate of drug-likeness (QED) is 0.246. The summed E-state index contributed by atoms with van der Waals surface area (Å²) in [4.78, 5) is 0. The number of rotatable bonds is 10. The van der Waals surface area contributed by atoms with Crippen molar-refractivity contribution in [3.63, 3.8) is 0 Å². The molecule has 0 fully saturated rings. The van der Waals surface area contributed by atoms with Crippen molar-refractivity contribution in [1.82, 2.24) is 0 Å². The van der Waals surface area contributed by atoms with Crippen molar-refractivity contribution in [2.45, 2.75) is 47.0 Å². The van der Waals surface area contributed by atoms with Gasteiger partial charge in [-0.05, 0) is 0 Å². The van der Waals surface area contributed by atoms with Crippen LogP contribution in [0.2, 0.25) is 0 Å². The van der Waals surface area contributed by atoms with Gasteiger partial charge in [0.25, 0.3) is 0 Å². The van der Waals surface area contributed by atoms with Gasteiger partial charge in [-0.1, -0.05) is 0 Å². The molecule has 23 heteroatoms. The van der Waals surface area contributed by atoms with Crippen LogP contribution in [0.25, 0.3) is 0 Å². The van der Waals surface area contributed by atoms with Gasteiger partial charge in [-0.15, -0.1) is 0 Å². The molecule has 2 N–H and O–H groups in total. The Hall–Kier alpha value is -0.320. The molecule has 4 nitrogen and oxygen atoms in total. The van der Waals surface area contributed by atoms with Gasteiger partial charge in [-0.25, -0.2) is 0 Å². The standard InChI is InChI=1S/C10H6F17NO3S.Na.H/c11-3(12,5(15,16)7(19,20)9(23,24)25)4(13,14)6(17,18)8(21,22)10(26,27)32(29,30)31-2-1-28;;/h1-2,28H2;;/q;+1;-1. The van der Waals surface area contributed by atoms with Gasteiger partial charge >= 0.3 is 86.6 Å². The summed E-state index contributed by atoms with van der Waals surface area (Å²) in [6, 6.07) is 0. The molecule has 0 saturated heterocycles. The zero-order chi connectivity index (χ0) is 26.6. The van der Waals surface area contributed by atoms with Crippen LogP contribution >= 0.6 is 0 Å². The van der Waals surface area contributed by atoms with E-state index in [0.29, 0.717) is 0 Å². The summed E-state index contributed by atoms with van der Waals surface area (Å²) in [5, 5.41) is -7.67. The number of alkyl halides is 17. The van der Waals surface area contributed by atoms with Crippen molar-refractivity contribution >= 4 is 10.1 Å². The maximum Gasteiger partial charge on any atom is 1.00 e. The SMILES string of the molecule is NCCOS(=O)(=O)C(F)(F)C(F)(F)C(F)(F)C(F)(F)C(F)(F)C(F)(F)C(F)(F)C(F)(F)F.[H-].[Na+]. The Balaban J connectivity index is -0.00000480. The molecule has 0 aromatic carbocycles. The molecule has 0 aliphatic carbocycles. The molecule has 0 heterocycles. The normalized spacial score (nSPS) is 15.9. The first-order chi connectivity index (χ1) is 13.6. The van der Waals surface area contributed by atoms with Gasteiger partial charge in [-0.2, -0.15) is 83.1 Å². The van der Waals surface area contributed by atoms with Gasteiger partial charge < -0.3 is 7.16 Å². The fourth-order valence-electron chi connectivity index (χ4n) is 1.54. The van der Waals surface area contributed by atoms with Gasteiger partial charge in [0.15, 0.2) is 0 Å². The van der Waals surface area contributed by atoms with E-state index in [9.17, 15) is 83.1 Å². The first kappa shape index (κ1) is 34.8. The average Bonchev–Trinajstić information content (AvgIpc) is 2.57. The van der Waals surface area contributed by atoms with E-state index in [1.165, 1.54) is 0 Å². The molecule has 0 radical (unpaired) electrons. The van der Waals surface area contributed by atoms with Crippen molar-refractivity contribution < 1.29 is 118 Å². The number of hydrogen-bond acceptors (Lipinski definition) is 4. The fourth-order valence-corrected chi connectivity index (χ4v) is 2.44. The van der Waals surface area contributed by atoms with Gasteiger partial charge in [0, 0.05) is 6.54 Å². The molecule has 0 aliphatic rings. The summed E-state index contributed by atoms with van der Waals surface area (Å²) in [7, 11) is -7.49. The minimum atomic E-state index is -8.87. The van der Waals surface area contributed by atoms with Crippen molar-refractivity contribution in [2.24, 2.45) is 5.73 Å². The van der Waals surface area contributed by atoms with E-state index in [1.807, 2.05) is 0 Å². The van der Waals surface area contributed by atoms with Crippen LogP contribution in [-0.2, 0) is 14.3 Å². The van der Waals surface area contributed by atoms with Crippen LogP contribution in [0.1, 0.15) is 1.43 Å². The molecule has 196 valence electrons. The van der Waals surface area contributed by atoms with Gasteiger partial charge in [0.2, 0.25) is 0 Å². The largest absolute Gasteiger partial charge is 1.00 e. The van der Waals surface area contributed by atoms with E-state index < -0.39 is 70.2 Å². The monoisotopic (exact) mass is 567 g/mol. The molecule has 0 aromatic rings. The Labute approximate surface area is 194 Å². The van der Waals surface area contributed by atoms with Crippen LogP contribution in [0.15, 0.2) is 0 Å². The van der Waals surface area contributed by atoms with Crippen LogP contribution in [0.5, 0.6) is 0 Å². The Bertz CT molecular complexity index is 800. The van der Waals surface area contributed by atoms with Crippen molar-refractivity contribution in [3.05, 3.63) is 0 Å². The Kier molecular flexibility index (Phi) is 9.80. The summed E-state index contributed by atoms with van der Waals surface area (Å²) in [6.07, 6.45) is -7.88. The molecule has 0 aromatic heterocycles. The average molecular weight is 567 g/mol. The summed E-state index contributed by atoms with van der Waals surface area (Å²) in [6.45, 7) is -2.88. The predicted molar refractivity (Wildman–Crippen MR) is 65.7 cm³/mol. The summed E-state index contributed by atoms with van der Waals surface area (Å²) >= 11 is 0. The topological polar surface area (TPSA) is 69.4 Å². The first-order valence-electron chi connectivity index (χ1n) is 6.86. The summed E-state index contributed by atoms with van der Waals surface area (Å²) in [5.41, 5.74) is 4.49. The Morgan fingerprint density at radius 1 is 0.576 bits per heavy atom. The van der Waals surface area contributed by atoms with Crippen LogP contribution < -0.4 is 35.3 Å². The van der Waals surface area contributed by atoms with Crippen LogP contribution in [0.3, 0.4) is 0 Å². The molecule has 0 rings (SSSR count). The van der Waals surface area contributed by atoms with Crippen molar-refractivity contribution in [1.29, 1.82) is 0 Å². The molecule has 0 bridgehead atoms. The van der Waals surface area contributed by atoms with Gasteiger partial charge in [0.05, 0.1) is 6.61 Å². The second-order valence-electron chi connectivity index (χ2n) is 5.53. The van der Waals surface area contributed by atoms with Crippen LogP contribution in [0, 0.1) is 0 Å². The molecular weight excluding hydrogens is 560 g/mol. The Morgan fingerprint density at radius 2 is 0.848 bits per heavy atom.